The van der Waals surface area contributed by atoms with Gasteiger partial charge in [-0.05, 0) is 36.8 Å². The van der Waals surface area contributed by atoms with E-state index in [1.807, 2.05) is 6.92 Å². The minimum atomic E-state index is -2.13. The quantitative estimate of drug-likeness (QED) is 0.361. The Labute approximate surface area is 210 Å². The fourth-order valence-electron chi connectivity index (χ4n) is 5.46. The number of carbonyl (C=O) groups is 4. The van der Waals surface area contributed by atoms with E-state index in [1.54, 1.807) is 48.5 Å². The summed E-state index contributed by atoms with van der Waals surface area (Å²) < 4.78 is 6.24. The van der Waals surface area contributed by atoms with Crippen molar-refractivity contribution < 1.29 is 23.9 Å². The molecule has 3 aromatic carbocycles. The zero-order chi connectivity index (χ0) is 24.6. The molecule has 6 nitrogen and oxygen atoms in total. The van der Waals surface area contributed by atoms with Gasteiger partial charge in [0.25, 0.3) is 0 Å². The Balaban J connectivity index is 1.55. The van der Waals surface area contributed by atoms with E-state index in [-0.39, 0.29) is 16.1 Å². The van der Waals surface area contributed by atoms with Crippen LogP contribution in [0.1, 0.15) is 37.9 Å². The van der Waals surface area contributed by atoms with E-state index >= 15 is 0 Å². The third kappa shape index (κ3) is 2.88. The van der Waals surface area contributed by atoms with Crippen molar-refractivity contribution in [2.24, 2.45) is 11.8 Å². The topological polar surface area (TPSA) is 80.8 Å². The van der Waals surface area contributed by atoms with E-state index in [1.165, 1.54) is 18.2 Å². The fourth-order valence-corrected chi connectivity index (χ4v) is 5.76. The molecule has 2 amide bonds. The molecule has 0 saturated carbocycles. The van der Waals surface area contributed by atoms with Gasteiger partial charge >= 0.3 is 0 Å². The summed E-state index contributed by atoms with van der Waals surface area (Å²) in [6, 6.07) is 18.0. The number of amides is 2. The number of anilines is 1. The Kier molecular flexibility index (Phi) is 4.81. The number of nitrogens with zero attached hydrogens (tertiary/aromatic N) is 1. The highest BCUT2D eigenvalue weighted by atomic mass is 35.5. The molecule has 2 saturated heterocycles. The van der Waals surface area contributed by atoms with Crippen molar-refractivity contribution in [3.05, 3.63) is 99.0 Å². The van der Waals surface area contributed by atoms with Gasteiger partial charge < -0.3 is 4.74 Å². The van der Waals surface area contributed by atoms with Crippen LogP contribution in [0.25, 0.3) is 0 Å². The third-order valence-electron chi connectivity index (χ3n) is 7.08. The van der Waals surface area contributed by atoms with Gasteiger partial charge in [0.2, 0.25) is 29.0 Å². The van der Waals surface area contributed by atoms with E-state index in [2.05, 4.69) is 0 Å². The van der Waals surface area contributed by atoms with Gasteiger partial charge in [0.1, 0.15) is 0 Å². The number of Topliss-reactive ketones (excluding diaryl/α,β-unsaturated/α-hetero) is 2. The van der Waals surface area contributed by atoms with Crippen LogP contribution in [0, 0.1) is 18.8 Å². The molecule has 2 heterocycles. The average Bonchev–Trinajstić information content (AvgIpc) is 3.42. The van der Waals surface area contributed by atoms with Gasteiger partial charge in [-0.15, -0.1) is 0 Å². The van der Waals surface area contributed by atoms with Crippen LogP contribution in [-0.4, -0.2) is 29.0 Å². The summed E-state index contributed by atoms with van der Waals surface area (Å²) in [5.74, 6) is -4.80. The first kappa shape index (κ1) is 22.2. The van der Waals surface area contributed by atoms with Crippen LogP contribution in [0.3, 0.4) is 0 Å². The number of ether oxygens (including phenoxy) is 1. The summed E-state index contributed by atoms with van der Waals surface area (Å²) >= 11 is 12.3. The number of fused-ring (bicyclic) bond motifs is 3. The average molecular weight is 506 g/mol. The highest BCUT2D eigenvalue weighted by Crippen LogP contribution is 2.58. The molecule has 1 spiro atoms. The second kappa shape index (κ2) is 7.59. The Morgan fingerprint density at radius 2 is 1.43 bits per heavy atom. The summed E-state index contributed by atoms with van der Waals surface area (Å²) in [4.78, 5) is 56.2. The maximum Gasteiger partial charge on any atom is 0.241 e. The van der Waals surface area contributed by atoms with Gasteiger partial charge in [-0.2, -0.15) is 0 Å². The molecular formula is C27H17Cl2NO5. The lowest BCUT2D eigenvalue weighted by Crippen LogP contribution is -2.51. The number of benzene rings is 3. The first-order valence-electron chi connectivity index (χ1n) is 11.0. The highest BCUT2D eigenvalue weighted by Gasteiger charge is 2.74. The van der Waals surface area contributed by atoms with Gasteiger partial charge in [-0.3, -0.25) is 19.2 Å². The van der Waals surface area contributed by atoms with Crippen LogP contribution in [0.15, 0.2) is 66.7 Å². The Morgan fingerprint density at radius 1 is 0.800 bits per heavy atom. The van der Waals surface area contributed by atoms with Crippen molar-refractivity contribution in [3.8, 4) is 0 Å². The number of aryl methyl sites for hydroxylation is 1. The molecule has 3 aliphatic rings. The summed E-state index contributed by atoms with van der Waals surface area (Å²) in [6.07, 6.45) is -1.05. The zero-order valence-electron chi connectivity index (χ0n) is 18.3. The Bertz CT molecular complexity index is 1430. The lowest BCUT2D eigenvalue weighted by atomic mass is 9.77. The molecular weight excluding hydrogens is 489 g/mol. The molecule has 6 rings (SSSR count). The van der Waals surface area contributed by atoms with E-state index in [9.17, 15) is 19.2 Å². The van der Waals surface area contributed by atoms with E-state index in [0.29, 0.717) is 16.3 Å². The molecule has 2 fully saturated rings. The number of hydrogen-bond acceptors (Lipinski definition) is 5. The van der Waals surface area contributed by atoms with Gasteiger partial charge in [0, 0.05) is 11.1 Å². The van der Waals surface area contributed by atoms with E-state index in [4.69, 9.17) is 27.9 Å². The molecule has 0 aromatic heterocycles. The van der Waals surface area contributed by atoms with E-state index in [0.717, 1.165) is 10.5 Å². The second-order valence-electron chi connectivity index (χ2n) is 9.00. The van der Waals surface area contributed by atoms with Crippen LogP contribution in [0.5, 0.6) is 0 Å². The van der Waals surface area contributed by atoms with Gasteiger partial charge in [-0.1, -0.05) is 71.2 Å². The highest BCUT2D eigenvalue weighted by molar-refractivity contribution is 6.42. The maximum absolute atomic E-state index is 13.9. The van der Waals surface area contributed by atoms with Gasteiger partial charge in [0.05, 0.1) is 33.7 Å². The minimum Gasteiger partial charge on any atom is -0.349 e. The molecule has 3 atom stereocenters. The molecule has 0 N–H and O–H groups in total. The first-order chi connectivity index (χ1) is 16.8. The molecule has 3 unspecified atom stereocenters. The molecule has 2 aliphatic heterocycles. The van der Waals surface area contributed by atoms with Crippen molar-refractivity contribution in [1.29, 1.82) is 0 Å². The first-order valence-corrected chi connectivity index (χ1v) is 11.8. The summed E-state index contributed by atoms with van der Waals surface area (Å²) in [5, 5.41) is 0.528. The number of imide groups is 1. The van der Waals surface area contributed by atoms with Gasteiger partial charge in [0.15, 0.2) is 0 Å². The van der Waals surface area contributed by atoms with Gasteiger partial charge in [-0.25, -0.2) is 4.90 Å². The summed E-state index contributed by atoms with van der Waals surface area (Å²) in [5.41, 5.74) is 0.0172. The lowest BCUT2D eigenvalue weighted by molar-refractivity contribution is -0.127. The molecule has 3 aromatic rings. The molecule has 35 heavy (non-hydrogen) atoms. The number of halogens is 2. The van der Waals surface area contributed by atoms with Crippen LogP contribution >= 0.6 is 23.2 Å². The maximum atomic E-state index is 13.9. The number of hydrogen-bond donors (Lipinski definition) is 0. The second-order valence-corrected chi connectivity index (χ2v) is 9.82. The van der Waals surface area contributed by atoms with Crippen LogP contribution in [0.2, 0.25) is 10.0 Å². The lowest BCUT2D eigenvalue weighted by Gasteiger charge is -2.27. The van der Waals surface area contributed by atoms with Crippen molar-refractivity contribution in [2.75, 3.05) is 4.90 Å². The number of carbonyl (C=O) groups excluding carboxylic acids is 4. The van der Waals surface area contributed by atoms with Crippen molar-refractivity contribution in [1.82, 2.24) is 0 Å². The molecule has 0 bridgehead atoms. The fraction of sp³-hybridized carbons (Fsp3) is 0.185. The SMILES string of the molecule is Cc1ccc(N2C(=O)C3C(c4ccc(Cl)c(Cl)c4)OC4(C(=O)c5ccccc5C4=O)C3C2=O)cc1. The predicted molar refractivity (Wildman–Crippen MR) is 129 cm³/mol. The smallest absolute Gasteiger partial charge is 0.241 e. The molecule has 1 aliphatic carbocycles. The minimum absolute atomic E-state index is 0.181. The standard InChI is InChI=1S/C27H17Cl2NO5/c1-13-6-9-15(10-7-13)30-25(33)20-21(26(30)34)27(23(31)16-4-2-3-5-17(16)24(27)32)35-22(20)14-8-11-18(28)19(29)12-14/h2-12,20-22H,1H3. The predicted octanol–water partition coefficient (Wildman–Crippen LogP) is 5.00. The summed E-state index contributed by atoms with van der Waals surface area (Å²) in [6.45, 7) is 1.89. The van der Waals surface area contributed by atoms with E-state index < -0.39 is 46.9 Å². The van der Waals surface area contributed by atoms with Crippen LogP contribution < -0.4 is 4.90 Å². The number of ketones is 2. The van der Waals surface area contributed by atoms with Crippen molar-refractivity contribution in [3.63, 3.8) is 0 Å². The third-order valence-corrected chi connectivity index (χ3v) is 7.82. The van der Waals surface area contributed by atoms with Crippen LogP contribution in [0.4, 0.5) is 5.69 Å². The molecule has 8 heteroatoms. The van der Waals surface area contributed by atoms with Crippen LogP contribution in [-0.2, 0) is 14.3 Å². The van der Waals surface area contributed by atoms with Crippen molar-refractivity contribution >= 4 is 52.3 Å². The Morgan fingerprint density at radius 3 is 2.03 bits per heavy atom. The normalized spacial score (nSPS) is 24.4. The largest absolute Gasteiger partial charge is 0.349 e. The number of rotatable bonds is 2. The molecule has 0 radical (unpaired) electrons. The monoisotopic (exact) mass is 505 g/mol. The molecule has 174 valence electrons. The Hall–Kier alpha value is -3.32. The van der Waals surface area contributed by atoms with Crippen molar-refractivity contribution in [2.45, 2.75) is 18.6 Å². The summed E-state index contributed by atoms with van der Waals surface area (Å²) in [7, 11) is 0. The zero-order valence-corrected chi connectivity index (χ0v) is 19.8.